The second-order valence-electron chi connectivity index (χ2n) is 7.87. The highest BCUT2D eigenvalue weighted by molar-refractivity contribution is 14.0. The van der Waals surface area contributed by atoms with Gasteiger partial charge in [-0.25, -0.2) is 8.42 Å². The van der Waals surface area contributed by atoms with Crippen LogP contribution in [0.15, 0.2) is 4.99 Å². The van der Waals surface area contributed by atoms with Gasteiger partial charge in [0.1, 0.15) is 6.04 Å². The fourth-order valence-corrected chi connectivity index (χ4v) is 5.73. The normalized spacial score (nSPS) is 31.1. The maximum absolute atomic E-state index is 11.7. The van der Waals surface area contributed by atoms with E-state index in [2.05, 4.69) is 21.2 Å². The largest absolute Gasteiger partial charge is 0.376 e. The van der Waals surface area contributed by atoms with Crippen LogP contribution in [-0.4, -0.2) is 94.2 Å². The van der Waals surface area contributed by atoms with E-state index < -0.39 is 9.84 Å². The molecule has 0 saturated carbocycles. The predicted octanol–water partition coefficient (Wildman–Crippen LogP) is 0.693. The molecule has 1 N–H and O–H groups in total. The molecule has 3 rings (SSSR count). The molecule has 0 aromatic carbocycles. The van der Waals surface area contributed by atoms with E-state index >= 15 is 0 Å². The molecule has 8 nitrogen and oxygen atoms in total. The third kappa shape index (κ3) is 6.71. The van der Waals surface area contributed by atoms with Crippen molar-refractivity contribution in [3.05, 3.63) is 0 Å². The van der Waals surface area contributed by atoms with Gasteiger partial charge >= 0.3 is 0 Å². The summed E-state index contributed by atoms with van der Waals surface area (Å²) in [4.78, 5) is 8.94. The summed E-state index contributed by atoms with van der Waals surface area (Å²) < 4.78 is 29.2. The summed E-state index contributed by atoms with van der Waals surface area (Å²) in [5.41, 5.74) is 0. The molecule has 3 aliphatic heterocycles. The van der Waals surface area contributed by atoms with Crippen LogP contribution in [0.5, 0.6) is 0 Å². The van der Waals surface area contributed by atoms with Crippen molar-refractivity contribution in [2.75, 3.05) is 57.9 Å². The van der Waals surface area contributed by atoms with Gasteiger partial charge in [0.25, 0.3) is 0 Å². The molecule has 0 aromatic rings. The number of sulfone groups is 1. The highest BCUT2D eigenvalue weighted by Crippen LogP contribution is 2.19. The van der Waals surface area contributed by atoms with Crippen LogP contribution in [0.2, 0.25) is 0 Å². The first-order valence-electron chi connectivity index (χ1n) is 9.92. The van der Waals surface area contributed by atoms with Crippen molar-refractivity contribution in [3.63, 3.8) is 0 Å². The zero-order chi connectivity index (χ0) is 19.3. The van der Waals surface area contributed by atoms with E-state index in [0.29, 0.717) is 26.1 Å². The van der Waals surface area contributed by atoms with Crippen LogP contribution >= 0.6 is 24.0 Å². The summed E-state index contributed by atoms with van der Waals surface area (Å²) in [6, 6.07) is 2.19. The van der Waals surface area contributed by atoms with Crippen molar-refractivity contribution in [1.82, 2.24) is 15.1 Å². The highest BCUT2D eigenvalue weighted by atomic mass is 127. The van der Waals surface area contributed by atoms with Gasteiger partial charge in [0.15, 0.2) is 15.8 Å². The van der Waals surface area contributed by atoms with Crippen molar-refractivity contribution in [3.8, 4) is 6.07 Å². The van der Waals surface area contributed by atoms with Crippen LogP contribution in [0.1, 0.15) is 25.7 Å². The zero-order valence-electron chi connectivity index (χ0n) is 16.5. The SMILES string of the molecule is CN1CCN(C(=NCC2CCS(=O)(=O)C2)NCC2CCCCO2)CC1C#N.I. The van der Waals surface area contributed by atoms with Gasteiger partial charge in [0.05, 0.1) is 23.7 Å². The van der Waals surface area contributed by atoms with Crippen LogP contribution in [0.25, 0.3) is 0 Å². The standard InChI is InChI=1S/C18H31N5O3S.HI/c1-22-6-7-23(13-16(22)10-19)18(21-12-17-4-2-3-8-26-17)20-11-15-5-9-27(24,25)14-15;/h15-17H,2-9,11-14H2,1H3,(H,20,21);1H. The number of nitriles is 1. The Morgan fingerprint density at radius 1 is 1.32 bits per heavy atom. The summed E-state index contributed by atoms with van der Waals surface area (Å²) in [5.74, 6) is 1.38. The molecule has 0 amide bonds. The van der Waals surface area contributed by atoms with Crippen LogP contribution in [0, 0.1) is 17.2 Å². The number of nitrogens with one attached hydrogen (secondary N) is 1. The minimum absolute atomic E-state index is 0. The van der Waals surface area contributed by atoms with Crippen molar-refractivity contribution < 1.29 is 13.2 Å². The van der Waals surface area contributed by atoms with Crippen molar-refractivity contribution >= 4 is 39.8 Å². The Balaban J connectivity index is 0.00000280. The van der Waals surface area contributed by atoms with Gasteiger partial charge in [0.2, 0.25) is 0 Å². The fraction of sp³-hybridized carbons (Fsp3) is 0.889. The maximum atomic E-state index is 11.7. The summed E-state index contributed by atoms with van der Waals surface area (Å²) in [6.45, 7) is 4.23. The number of aliphatic imine (C=N–C) groups is 1. The first-order valence-corrected chi connectivity index (χ1v) is 11.7. The van der Waals surface area contributed by atoms with E-state index in [1.165, 1.54) is 6.42 Å². The third-order valence-electron chi connectivity index (χ3n) is 5.68. The zero-order valence-corrected chi connectivity index (χ0v) is 19.7. The number of nitrogens with zero attached hydrogens (tertiary/aromatic N) is 4. The Kier molecular flexibility index (Phi) is 9.24. The molecule has 10 heteroatoms. The Morgan fingerprint density at radius 3 is 2.79 bits per heavy atom. The second kappa shape index (κ2) is 10.9. The molecular weight excluding hydrogens is 493 g/mol. The number of piperazine rings is 1. The number of rotatable bonds is 4. The molecule has 3 fully saturated rings. The Bertz CT molecular complexity index is 675. The first kappa shape index (κ1) is 23.6. The lowest BCUT2D eigenvalue weighted by Crippen LogP contribution is -2.56. The quantitative estimate of drug-likeness (QED) is 0.328. The van der Waals surface area contributed by atoms with Crippen LogP contribution < -0.4 is 5.32 Å². The molecule has 0 spiro atoms. The smallest absolute Gasteiger partial charge is 0.194 e. The lowest BCUT2D eigenvalue weighted by atomic mass is 10.1. The predicted molar refractivity (Wildman–Crippen MR) is 120 cm³/mol. The molecule has 28 heavy (non-hydrogen) atoms. The number of hydrogen-bond donors (Lipinski definition) is 1. The second-order valence-corrected chi connectivity index (χ2v) is 10.1. The molecule has 0 bridgehead atoms. The van der Waals surface area contributed by atoms with Gasteiger partial charge in [-0.05, 0) is 38.6 Å². The van der Waals surface area contributed by atoms with E-state index in [9.17, 15) is 13.7 Å². The lowest BCUT2D eigenvalue weighted by molar-refractivity contribution is 0.0189. The highest BCUT2D eigenvalue weighted by Gasteiger charge is 2.29. The monoisotopic (exact) mass is 525 g/mol. The van der Waals surface area contributed by atoms with Gasteiger partial charge in [-0.15, -0.1) is 24.0 Å². The minimum Gasteiger partial charge on any atom is -0.376 e. The van der Waals surface area contributed by atoms with Gasteiger partial charge < -0.3 is 15.0 Å². The molecule has 160 valence electrons. The molecule has 3 aliphatic rings. The summed E-state index contributed by atoms with van der Waals surface area (Å²) in [5, 5.41) is 12.8. The van der Waals surface area contributed by atoms with Gasteiger partial charge in [-0.1, -0.05) is 0 Å². The number of hydrogen-bond acceptors (Lipinski definition) is 6. The van der Waals surface area contributed by atoms with Gasteiger partial charge in [-0.3, -0.25) is 9.89 Å². The van der Waals surface area contributed by atoms with E-state index in [4.69, 9.17) is 9.73 Å². The fourth-order valence-electron chi connectivity index (χ4n) is 3.88. The summed E-state index contributed by atoms with van der Waals surface area (Å²) in [7, 11) is -0.924. The molecular formula is C18H32IN5O3S. The topological polar surface area (TPSA) is 98.0 Å². The van der Waals surface area contributed by atoms with E-state index in [1.54, 1.807) is 0 Å². The molecule has 3 atom stereocenters. The Morgan fingerprint density at radius 2 is 2.14 bits per heavy atom. The number of ether oxygens (including phenoxy) is 1. The summed E-state index contributed by atoms with van der Waals surface area (Å²) >= 11 is 0. The average molecular weight is 525 g/mol. The third-order valence-corrected chi connectivity index (χ3v) is 7.52. The van der Waals surface area contributed by atoms with Crippen molar-refractivity contribution in [2.24, 2.45) is 10.9 Å². The number of guanidine groups is 1. The molecule has 0 aliphatic carbocycles. The van der Waals surface area contributed by atoms with E-state index in [0.717, 1.165) is 38.5 Å². The number of likely N-dealkylation sites (N-methyl/N-ethyl adjacent to an activating group) is 1. The average Bonchev–Trinajstić information content (AvgIpc) is 3.02. The van der Waals surface area contributed by atoms with Crippen molar-refractivity contribution in [2.45, 2.75) is 37.8 Å². The molecule has 3 saturated heterocycles. The Hall–Kier alpha value is -0.640. The van der Waals surface area contributed by atoms with Gasteiger partial charge in [0, 0.05) is 39.3 Å². The van der Waals surface area contributed by atoms with E-state index in [1.807, 2.05) is 7.05 Å². The summed E-state index contributed by atoms with van der Waals surface area (Å²) in [6.07, 6.45) is 4.23. The van der Waals surface area contributed by atoms with Crippen molar-refractivity contribution in [1.29, 1.82) is 5.26 Å². The Labute approximate surface area is 185 Å². The molecule has 3 heterocycles. The molecule has 0 aromatic heterocycles. The van der Waals surface area contributed by atoms with Crippen LogP contribution in [0.3, 0.4) is 0 Å². The maximum Gasteiger partial charge on any atom is 0.194 e. The van der Waals surface area contributed by atoms with Crippen LogP contribution in [-0.2, 0) is 14.6 Å². The minimum atomic E-state index is -2.89. The molecule has 0 radical (unpaired) electrons. The number of halogens is 1. The van der Waals surface area contributed by atoms with Crippen LogP contribution in [0.4, 0.5) is 0 Å². The first-order chi connectivity index (χ1) is 13.0. The lowest BCUT2D eigenvalue weighted by Gasteiger charge is -2.38. The molecule has 3 unspecified atom stereocenters. The van der Waals surface area contributed by atoms with Gasteiger partial charge in [-0.2, -0.15) is 5.26 Å². The van der Waals surface area contributed by atoms with E-state index in [-0.39, 0.29) is 53.5 Å².